The first-order valence-corrected chi connectivity index (χ1v) is 5.93. The van der Waals surface area contributed by atoms with E-state index in [-0.39, 0.29) is 42.2 Å². The molecule has 0 saturated carbocycles. The number of carbonyl (C=O) groups excluding carboxylic acids is 1. The number of nitrogens with one attached hydrogen (secondary N) is 1. The van der Waals surface area contributed by atoms with Crippen molar-refractivity contribution in [2.75, 3.05) is 20.6 Å². The molecule has 0 aromatic heterocycles. The van der Waals surface area contributed by atoms with Crippen LogP contribution in [0.5, 0.6) is 0 Å². The van der Waals surface area contributed by atoms with E-state index in [1.165, 1.54) is 0 Å². The molecule has 6 heteroatoms. The quantitative estimate of drug-likeness (QED) is 0.784. The minimum Gasteiger partial charge on any atom is -0.353 e. The Morgan fingerprint density at radius 2 is 1.78 bits per heavy atom. The Kier molecular flexibility index (Phi) is 12.6. The molecule has 112 valence electrons. The lowest BCUT2D eigenvalue weighted by atomic mass is 9.98. The lowest BCUT2D eigenvalue weighted by molar-refractivity contribution is -0.123. The van der Waals surface area contributed by atoms with Crippen molar-refractivity contribution in [1.29, 1.82) is 0 Å². The van der Waals surface area contributed by atoms with E-state index in [2.05, 4.69) is 24.1 Å². The van der Waals surface area contributed by atoms with Crippen LogP contribution in [0.3, 0.4) is 0 Å². The number of carbonyl (C=O) groups is 1. The Hall–Kier alpha value is -0.0300. The summed E-state index contributed by atoms with van der Waals surface area (Å²) < 4.78 is 0. The highest BCUT2D eigenvalue weighted by Crippen LogP contribution is 2.09. The predicted molar refractivity (Wildman–Crippen MR) is 82.7 cm³/mol. The Morgan fingerprint density at radius 3 is 2.11 bits per heavy atom. The van der Waals surface area contributed by atoms with Gasteiger partial charge in [-0.15, -0.1) is 24.8 Å². The summed E-state index contributed by atoms with van der Waals surface area (Å²) in [5.74, 6) is 0.173. The van der Waals surface area contributed by atoms with Crippen LogP contribution >= 0.6 is 24.8 Å². The third-order valence-electron chi connectivity index (χ3n) is 3.47. The van der Waals surface area contributed by atoms with Crippen molar-refractivity contribution in [2.24, 2.45) is 11.7 Å². The topological polar surface area (TPSA) is 58.4 Å². The molecule has 0 heterocycles. The fraction of sp³-hybridized carbons (Fsp3) is 0.917. The number of halogens is 2. The second kappa shape index (κ2) is 9.84. The molecular weight excluding hydrogens is 273 g/mol. The average molecular weight is 302 g/mol. The first-order chi connectivity index (χ1) is 7.22. The van der Waals surface area contributed by atoms with Crippen LogP contribution in [0.2, 0.25) is 0 Å². The van der Waals surface area contributed by atoms with Gasteiger partial charge in [0, 0.05) is 12.1 Å². The van der Waals surface area contributed by atoms with Gasteiger partial charge in [0.15, 0.2) is 0 Å². The standard InChI is InChI=1S/C12H27N3O.2ClH/c1-7-9(2)10(13)11(16)14-8-12(3,4)15(5)6;;/h9-10H,7-8,13H2,1-6H3,(H,14,16);2*1H. The van der Waals surface area contributed by atoms with Crippen molar-refractivity contribution in [3.63, 3.8) is 0 Å². The molecule has 0 aromatic carbocycles. The molecule has 0 aromatic rings. The molecule has 0 rings (SSSR count). The summed E-state index contributed by atoms with van der Waals surface area (Å²) in [7, 11) is 4.00. The molecule has 0 radical (unpaired) electrons. The Balaban J connectivity index is -0.00000112. The van der Waals surface area contributed by atoms with Gasteiger partial charge in [-0.1, -0.05) is 20.3 Å². The SMILES string of the molecule is CCC(C)C(N)C(=O)NCC(C)(C)N(C)C.Cl.Cl. The van der Waals surface area contributed by atoms with Crippen LogP contribution in [-0.2, 0) is 4.79 Å². The molecule has 0 fully saturated rings. The zero-order valence-corrected chi connectivity index (χ0v) is 14.0. The van der Waals surface area contributed by atoms with Crippen LogP contribution in [0.4, 0.5) is 0 Å². The minimum absolute atomic E-state index is 0. The molecule has 1 amide bonds. The van der Waals surface area contributed by atoms with Crippen LogP contribution in [0, 0.1) is 5.92 Å². The summed E-state index contributed by atoms with van der Waals surface area (Å²) in [5, 5.41) is 2.91. The highest BCUT2D eigenvalue weighted by atomic mass is 35.5. The monoisotopic (exact) mass is 301 g/mol. The molecule has 0 aliphatic rings. The summed E-state index contributed by atoms with van der Waals surface area (Å²) >= 11 is 0. The molecule has 3 N–H and O–H groups in total. The third-order valence-corrected chi connectivity index (χ3v) is 3.47. The number of likely N-dealkylation sites (N-methyl/N-ethyl adjacent to an activating group) is 1. The summed E-state index contributed by atoms with van der Waals surface area (Å²) in [5.41, 5.74) is 5.80. The maximum absolute atomic E-state index is 11.8. The molecule has 18 heavy (non-hydrogen) atoms. The molecule has 4 nitrogen and oxygen atoms in total. The number of rotatable bonds is 6. The van der Waals surface area contributed by atoms with E-state index in [1.54, 1.807) is 0 Å². The van der Waals surface area contributed by atoms with Gasteiger partial charge in [0.2, 0.25) is 5.91 Å². The fourth-order valence-corrected chi connectivity index (χ4v) is 1.09. The number of amides is 1. The summed E-state index contributed by atoms with van der Waals surface area (Å²) in [4.78, 5) is 13.8. The highest BCUT2D eigenvalue weighted by Gasteiger charge is 2.24. The lowest BCUT2D eigenvalue weighted by Crippen LogP contribution is -2.52. The normalized spacial score (nSPS) is 14.2. The van der Waals surface area contributed by atoms with Crippen molar-refractivity contribution in [2.45, 2.75) is 45.7 Å². The summed E-state index contributed by atoms with van der Waals surface area (Å²) in [6.07, 6.45) is 0.922. The molecular formula is C12H29Cl2N3O. The molecule has 0 bridgehead atoms. The Morgan fingerprint density at radius 1 is 1.33 bits per heavy atom. The maximum Gasteiger partial charge on any atom is 0.237 e. The predicted octanol–water partition coefficient (Wildman–Crippen LogP) is 1.66. The molecule has 2 unspecified atom stereocenters. The van der Waals surface area contributed by atoms with Crippen LogP contribution in [0.15, 0.2) is 0 Å². The van der Waals surface area contributed by atoms with Gasteiger partial charge < -0.3 is 16.0 Å². The first-order valence-electron chi connectivity index (χ1n) is 5.93. The zero-order valence-electron chi connectivity index (χ0n) is 12.3. The highest BCUT2D eigenvalue weighted by molar-refractivity contribution is 5.85. The van der Waals surface area contributed by atoms with Gasteiger partial charge in [0.1, 0.15) is 0 Å². The molecule has 0 saturated heterocycles. The van der Waals surface area contributed by atoms with Gasteiger partial charge in [-0.25, -0.2) is 0 Å². The van der Waals surface area contributed by atoms with Crippen molar-refractivity contribution in [1.82, 2.24) is 10.2 Å². The van der Waals surface area contributed by atoms with Gasteiger partial charge in [-0.05, 0) is 33.9 Å². The van der Waals surface area contributed by atoms with Crippen LogP contribution in [0.1, 0.15) is 34.1 Å². The van der Waals surface area contributed by atoms with Crippen molar-refractivity contribution in [3.8, 4) is 0 Å². The van der Waals surface area contributed by atoms with E-state index >= 15 is 0 Å². The maximum atomic E-state index is 11.8. The lowest BCUT2D eigenvalue weighted by Gasteiger charge is -2.33. The molecule has 0 spiro atoms. The van der Waals surface area contributed by atoms with Crippen LogP contribution in [0.25, 0.3) is 0 Å². The number of nitrogens with zero attached hydrogens (tertiary/aromatic N) is 1. The number of hydrogen-bond acceptors (Lipinski definition) is 3. The average Bonchev–Trinajstić information content (AvgIpc) is 2.23. The van der Waals surface area contributed by atoms with E-state index in [0.717, 1.165) is 6.42 Å². The largest absolute Gasteiger partial charge is 0.353 e. The number of nitrogens with two attached hydrogens (primary N) is 1. The van der Waals surface area contributed by atoms with Crippen LogP contribution < -0.4 is 11.1 Å². The molecule has 0 aliphatic heterocycles. The van der Waals surface area contributed by atoms with Crippen molar-refractivity contribution >= 4 is 30.7 Å². The zero-order chi connectivity index (χ0) is 12.9. The van der Waals surface area contributed by atoms with Crippen LogP contribution in [-0.4, -0.2) is 43.0 Å². The van der Waals surface area contributed by atoms with E-state index in [4.69, 9.17) is 5.73 Å². The van der Waals surface area contributed by atoms with E-state index < -0.39 is 6.04 Å². The second-order valence-electron chi connectivity index (χ2n) is 5.34. The Labute approximate surface area is 124 Å². The number of hydrogen-bond donors (Lipinski definition) is 2. The minimum atomic E-state index is -0.400. The van der Waals surface area contributed by atoms with E-state index in [0.29, 0.717) is 6.54 Å². The fourth-order valence-electron chi connectivity index (χ4n) is 1.09. The third kappa shape index (κ3) is 7.41. The molecule has 2 atom stereocenters. The first kappa shape index (κ1) is 23.1. The van der Waals surface area contributed by atoms with E-state index in [1.807, 2.05) is 27.9 Å². The van der Waals surface area contributed by atoms with Gasteiger partial charge in [-0.2, -0.15) is 0 Å². The van der Waals surface area contributed by atoms with Crippen molar-refractivity contribution in [3.05, 3.63) is 0 Å². The smallest absolute Gasteiger partial charge is 0.237 e. The van der Waals surface area contributed by atoms with Gasteiger partial charge in [-0.3, -0.25) is 4.79 Å². The summed E-state index contributed by atoms with van der Waals surface area (Å²) in [6.45, 7) is 8.83. The van der Waals surface area contributed by atoms with Gasteiger partial charge in [0.05, 0.1) is 6.04 Å². The van der Waals surface area contributed by atoms with E-state index in [9.17, 15) is 4.79 Å². The second-order valence-corrected chi connectivity index (χ2v) is 5.34. The molecule has 0 aliphatic carbocycles. The van der Waals surface area contributed by atoms with Crippen molar-refractivity contribution < 1.29 is 4.79 Å². The Bertz CT molecular complexity index is 235. The van der Waals surface area contributed by atoms with Gasteiger partial charge in [0.25, 0.3) is 0 Å². The summed E-state index contributed by atoms with van der Waals surface area (Å²) in [6, 6.07) is -0.400. The van der Waals surface area contributed by atoms with Gasteiger partial charge >= 0.3 is 0 Å².